The van der Waals surface area contributed by atoms with E-state index in [1.54, 1.807) is 24.3 Å². The van der Waals surface area contributed by atoms with Gasteiger partial charge in [-0.1, -0.05) is 42.0 Å². The van der Waals surface area contributed by atoms with Gasteiger partial charge in [-0.05, 0) is 37.6 Å². The van der Waals surface area contributed by atoms with Crippen molar-refractivity contribution >= 4 is 17.9 Å². The maximum atomic E-state index is 11.8. The summed E-state index contributed by atoms with van der Waals surface area (Å²) >= 11 is 0. The quantitative estimate of drug-likeness (QED) is 0.592. The second-order valence-corrected chi connectivity index (χ2v) is 5.45. The van der Waals surface area contributed by atoms with Crippen molar-refractivity contribution in [2.45, 2.75) is 13.8 Å². The van der Waals surface area contributed by atoms with Crippen LogP contribution >= 0.6 is 0 Å². The fourth-order valence-corrected chi connectivity index (χ4v) is 2.05. The number of hydrazine groups is 1. The van der Waals surface area contributed by atoms with E-state index >= 15 is 0 Å². The van der Waals surface area contributed by atoms with Crippen LogP contribution in [0, 0.1) is 6.92 Å². The molecule has 0 aliphatic rings. The Kier molecular flexibility index (Phi) is 7.24. The molecule has 26 heavy (non-hydrogen) atoms. The number of hydrogen-bond donors (Lipinski definition) is 2. The van der Waals surface area contributed by atoms with E-state index in [-0.39, 0.29) is 6.61 Å². The van der Waals surface area contributed by atoms with Gasteiger partial charge in [-0.3, -0.25) is 20.4 Å². The highest BCUT2D eigenvalue weighted by molar-refractivity contribution is 5.93. The summed E-state index contributed by atoms with van der Waals surface area (Å²) in [6.45, 7) is 4.11. The number of rotatable bonds is 7. The number of para-hydroxylation sites is 2. The van der Waals surface area contributed by atoms with Gasteiger partial charge in [0.25, 0.3) is 11.8 Å². The summed E-state index contributed by atoms with van der Waals surface area (Å²) in [5.41, 5.74) is 6.64. The van der Waals surface area contributed by atoms with Gasteiger partial charge in [0.2, 0.25) is 0 Å². The lowest BCUT2D eigenvalue weighted by molar-refractivity contribution is -0.128. The summed E-state index contributed by atoms with van der Waals surface area (Å²) in [7, 11) is 0. The summed E-state index contributed by atoms with van der Waals surface area (Å²) in [5.74, 6) is 0.116. The van der Waals surface area contributed by atoms with Gasteiger partial charge >= 0.3 is 0 Å². The zero-order valence-corrected chi connectivity index (χ0v) is 14.8. The van der Waals surface area contributed by atoms with Crippen LogP contribution in [0.3, 0.4) is 0 Å². The van der Waals surface area contributed by atoms with Crippen molar-refractivity contribution in [2.24, 2.45) is 0 Å². The first-order chi connectivity index (χ1) is 12.6. The van der Waals surface area contributed by atoms with Crippen LogP contribution in [0.5, 0.6) is 11.5 Å². The predicted octanol–water partition coefficient (Wildman–Crippen LogP) is 2.63. The van der Waals surface area contributed by atoms with Gasteiger partial charge in [0.05, 0.1) is 6.61 Å². The molecule has 0 aliphatic carbocycles. The highest BCUT2D eigenvalue weighted by Crippen LogP contribution is 2.26. The maximum Gasteiger partial charge on any atom is 0.276 e. The van der Waals surface area contributed by atoms with E-state index in [2.05, 4.69) is 10.9 Å². The van der Waals surface area contributed by atoms with Crippen molar-refractivity contribution in [1.82, 2.24) is 10.9 Å². The van der Waals surface area contributed by atoms with E-state index in [9.17, 15) is 9.59 Å². The van der Waals surface area contributed by atoms with E-state index < -0.39 is 11.8 Å². The highest BCUT2D eigenvalue weighted by Gasteiger charge is 2.07. The first kappa shape index (κ1) is 19.1. The molecule has 6 heteroatoms. The average molecular weight is 354 g/mol. The molecular formula is C20H22N2O4. The van der Waals surface area contributed by atoms with Gasteiger partial charge in [0, 0.05) is 6.08 Å². The van der Waals surface area contributed by atoms with Crippen LogP contribution < -0.4 is 20.3 Å². The normalized spacial score (nSPS) is 10.4. The van der Waals surface area contributed by atoms with Crippen LogP contribution in [0.25, 0.3) is 6.08 Å². The van der Waals surface area contributed by atoms with Crippen molar-refractivity contribution in [3.63, 3.8) is 0 Å². The number of carbonyl (C=O) groups excluding carboxylic acids is 2. The Balaban J connectivity index is 1.76. The molecule has 0 radical (unpaired) electrons. The molecule has 2 N–H and O–H groups in total. The molecule has 6 nitrogen and oxygen atoms in total. The number of benzene rings is 2. The minimum atomic E-state index is -0.478. The molecule has 0 saturated heterocycles. The Hall–Kier alpha value is -3.28. The van der Waals surface area contributed by atoms with Crippen LogP contribution in [0.15, 0.2) is 54.6 Å². The van der Waals surface area contributed by atoms with E-state index in [0.29, 0.717) is 18.1 Å². The van der Waals surface area contributed by atoms with Crippen LogP contribution in [0.4, 0.5) is 0 Å². The van der Waals surface area contributed by atoms with Crippen LogP contribution in [0.2, 0.25) is 0 Å². The summed E-state index contributed by atoms with van der Waals surface area (Å²) in [5, 5.41) is 0. The molecule has 0 bridgehead atoms. The molecular weight excluding hydrogens is 332 g/mol. The lowest BCUT2D eigenvalue weighted by atomic mass is 10.1. The molecule has 0 fully saturated rings. The molecule has 0 heterocycles. The van der Waals surface area contributed by atoms with Gasteiger partial charge in [-0.25, -0.2) is 0 Å². The SMILES string of the molecule is CCOc1ccccc1OCC(=O)NNC(=O)/C=C/c1ccc(C)cc1. The van der Waals surface area contributed by atoms with Crippen LogP contribution in [-0.2, 0) is 9.59 Å². The van der Waals surface area contributed by atoms with Crippen molar-refractivity contribution in [3.05, 3.63) is 65.7 Å². The van der Waals surface area contributed by atoms with Crippen molar-refractivity contribution in [2.75, 3.05) is 13.2 Å². The molecule has 0 atom stereocenters. The first-order valence-electron chi connectivity index (χ1n) is 8.26. The number of amides is 2. The lowest BCUT2D eigenvalue weighted by Crippen LogP contribution is -2.43. The second kappa shape index (κ2) is 9.88. The van der Waals surface area contributed by atoms with E-state index in [4.69, 9.17) is 9.47 Å². The Morgan fingerprint density at radius 3 is 2.27 bits per heavy atom. The molecule has 0 aliphatic heterocycles. The van der Waals surface area contributed by atoms with Gasteiger partial charge in [0.15, 0.2) is 18.1 Å². The molecule has 0 saturated carbocycles. The van der Waals surface area contributed by atoms with Crippen molar-refractivity contribution in [1.29, 1.82) is 0 Å². The molecule has 136 valence electrons. The van der Waals surface area contributed by atoms with Gasteiger partial charge in [-0.15, -0.1) is 0 Å². The summed E-state index contributed by atoms with van der Waals surface area (Å²) in [6.07, 6.45) is 3.01. The van der Waals surface area contributed by atoms with E-state index in [0.717, 1.165) is 11.1 Å². The maximum absolute atomic E-state index is 11.8. The average Bonchev–Trinajstić information content (AvgIpc) is 2.65. The lowest BCUT2D eigenvalue weighted by Gasteiger charge is -2.11. The van der Waals surface area contributed by atoms with Gasteiger partial charge < -0.3 is 9.47 Å². The van der Waals surface area contributed by atoms with Crippen molar-refractivity contribution in [3.8, 4) is 11.5 Å². The molecule has 0 aromatic heterocycles. The van der Waals surface area contributed by atoms with E-state index in [1.165, 1.54) is 6.08 Å². The smallest absolute Gasteiger partial charge is 0.276 e. The third-order valence-corrected chi connectivity index (χ3v) is 3.34. The fraction of sp³-hybridized carbons (Fsp3) is 0.200. The number of aryl methyl sites for hydroxylation is 1. The van der Waals surface area contributed by atoms with E-state index in [1.807, 2.05) is 44.2 Å². The zero-order chi connectivity index (χ0) is 18.8. The summed E-state index contributed by atoms with van der Waals surface area (Å²) in [6, 6.07) is 14.8. The number of hydrogen-bond acceptors (Lipinski definition) is 4. The molecule has 0 spiro atoms. The van der Waals surface area contributed by atoms with Gasteiger partial charge in [0.1, 0.15) is 0 Å². The Morgan fingerprint density at radius 1 is 0.962 bits per heavy atom. The largest absolute Gasteiger partial charge is 0.490 e. The second-order valence-electron chi connectivity index (χ2n) is 5.45. The number of nitrogens with one attached hydrogen (secondary N) is 2. The molecule has 2 amide bonds. The summed E-state index contributed by atoms with van der Waals surface area (Å²) < 4.78 is 10.8. The fourth-order valence-electron chi connectivity index (χ4n) is 2.05. The number of ether oxygens (including phenoxy) is 2. The molecule has 2 aromatic rings. The molecule has 2 aromatic carbocycles. The Morgan fingerprint density at radius 2 is 1.62 bits per heavy atom. The highest BCUT2D eigenvalue weighted by atomic mass is 16.5. The number of carbonyl (C=O) groups is 2. The topological polar surface area (TPSA) is 76.7 Å². The molecule has 0 unspecified atom stereocenters. The monoisotopic (exact) mass is 354 g/mol. The van der Waals surface area contributed by atoms with Crippen molar-refractivity contribution < 1.29 is 19.1 Å². The summed E-state index contributed by atoms with van der Waals surface area (Å²) in [4.78, 5) is 23.5. The van der Waals surface area contributed by atoms with Crippen LogP contribution in [0.1, 0.15) is 18.1 Å². The zero-order valence-electron chi connectivity index (χ0n) is 14.8. The third-order valence-electron chi connectivity index (χ3n) is 3.34. The minimum absolute atomic E-state index is 0.244. The molecule has 2 rings (SSSR count). The standard InChI is InChI=1S/C20H22N2O4/c1-3-25-17-6-4-5-7-18(17)26-14-20(24)22-21-19(23)13-12-16-10-8-15(2)9-11-16/h4-13H,3,14H2,1-2H3,(H,21,23)(H,22,24)/b13-12+. The Bertz CT molecular complexity index is 770. The minimum Gasteiger partial charge on any atom is -0.490 e. The first-order valence-corrected chi connectivity index (χ1v) is 8.26. The third kappa shape index (κ3) is 6.32. The Labute approximate surface area is 152 Å². The van der Waals surface area contributed by atoms with Crippen LogP contribution in [-0.4, -0.2) is 25.0 Å². The van der Waals surface area contributed by atoms with Gasteiger partial charge in [-0.2, -0.15) is 0 Å². The predicted molar refractivity (Wildman–Crippen MR) is 99.6 cm³/mol.